The van der Waals surface area contributed by atoms with Crippen LogP contribution >= 0.6 is 0 Å². The van der Waals surface area contributed by atoms with Gasteiger partial charge in [0, 0.05) is 12.1 Å². The number of ketones is 1. The van der Waals surface area contributed by atoms with Gasteiger partial charge in [0.15, 0.2) is 5.76 Å². The lowest BCUT2D eigenvalue weighted by Gasteiger charge is -2.09. The van der Waals surface area contributed by atoms with Gasteiger partial charge < -0.3 is 18.9 Å². The zero-order valence-electron chi connectivity index (χ0n) is 16.7. The molecule has 156 valence electrons. The largest absolute Gasteiger partial charge is 0.497 e. The molecule has 0 N–H and O–H groups in total. The van der Waals surface area contributed by atoms with E-state index in [0.29, 0.717) is 22.6 Å². The van der Waals surface area contributed by atoms with Crippen LogP contribution in [0.25, 0.3) is 6.08 Å². The first-order valence-electron chi connectivity index (χ1n) is 9.26. The van der Waals surface area contributed by atoms with Crippen molar-refractivity contribution in [3.63, 3.8) is 0 Å². The van der Waals surface area contributed by atoms with E-state index in [1.165, 1.54) is 74.9 Å². The number of hydrogen-bond acceptors (Lipinski definition) is 6. The molecule has 31 heavy (non-hydrogen) atoms. The Bertz CT molecular complexity index is 1170. The quantitative estimate of drug-likeness (QED) is 0.339. The number of esters is 1. The summed E-state index contributed by atoms with van der Waals surface area (Å²) in [5.74, 6) is 0.174. The molecule has 0 fully saturated rings. The molecule has 0 radical (unpaired) electrons. The molecule has 0 spiro atoms. The Morgan fingerprint density at radius 2 is 1.58 bits per heavy atom. The first kappa shape index (κ1) is 20.2. The van der Waals surface area contributed by atoms with Crippen molar-refractivity contribution in [1.82, 2.24) is 0 Å². The smallest absolute Gasteiger partial charge is 0.343 e. The molecule has 1 aliphatic heterocycles. The van der Waals surface area contributed by atoms with Crippen LogP contribution in [-0.2, 0) is 0 Å². The molecule has 0 atom stereocenters. The van der Waals surface area contributed by atoms with Crippen LogP contribution < -0.4 is 18.9 Å². The summed E-state index contributed by atoms with van der Waals surface area (Å²) >= 11 is 0. The molecule has 3 aromatic rings. The Kier molecular flexibility index (Phi) is 5.41. The average molecular weight is 420 g/mol. The lowest BCUT2D eigenvalue weighted by atomic mass is 10.1. The van der Waals surface area contributed by atoms with Crippen molar-refractivity contribution in [3.05, 3.63) is 88.9 Å². The SMILES string of the molecule is COc1cc(OC)cc(C(=O)Oc2ccc3c(c2)O/C(=C\c2ccc(F)cc2)C3=O)c1. The van der Waals surface area contributed by atoms with Gasteiger partial charge in [0.25, 0.3) is 0 Å². The molecule has 0 bridgehead atoms. The van der Waals surface area contributed by atoms with Gasteiger partial charge in [-0.05, 0) is 48.0 Å². The normalized spacial score (nSPS) is 13.5. The summed E-state index contributed by atoms with van der Waals surface area (Å²) in [5, 5.41) is 0. The van der Waals surface area contributed by atoms with E-state index in [2.05, 4.69) is 0 Å². The van der Waals surface area contributed by atoms with Gasteiger partial charge >= 0.3 is 5.97 Å². The van der Waals surface area contributed by atoms with Crippen molar-refractivity contribution in [2.24, 2.45) is 0 Å². The lowest BCUT2D eigenvalue weighted by Crippen LogP contribution is -2.09. The molecule has 0 amide bonds. The lowest BCUT2D eigenvalue weighted by molar-refractivity contribution is 0.0733. The second kappa shape index (κ2) is 8.31. The highest BCUT2D eigenvalue weighted by Crippen LogP contribution is 2.35. The number of fused-ring (bicyclic) bond motifs is 1. The zero-order chi connectivity index (χ0) is 22.0. The molecule has 0 aliphatic carbocycles. The van der Waals surface area contributed by atoms with Crippen LogP contribution in [0.1, 0.15) is 26.3 Å². The van der Waals surface area contributed by atoms with E-state index in [-0.39, 0.29) is 34.4 Å². The summed E-state index contributed by atoms with van der Waals surface area (Å²) in [6.07, 6.45) is 1.52. The van der Waals surface area contributed by atoms with Crippen LogP contribution in [0.3, 0.4) is 0 Å². The minimum absolute atomic E-state index is 0.0996. The van der Waals surface area contributed by atoms with Crippen LogP contribution in [0.15, 0.2) is 66.4 Å². The maximum absolute atomic E-state index is 13.1. The zero-order valence-corrected chi connectivity index (χ0v) is 16.7. The number of Topliss-reactive ketones (excluding diaryl/α,β-unsaturated/α-hetero) is 1. The molecule has 0 saturated carbocycles. The first-order chi connectivity index (χ1) is 15.0. The summed E-state index contributed by atoms with van der Waals surface area (Å²) in [4.78, 5) is 25.1. The first-order valence-corrected chi connectivity index (χ1v) is 9.26. The summed E-state index contributed by atoms with van der Waals surface area (Å²) in [5.41, 5.74) is 1.21. The minimum Gasteiger partial charge on any atom is -0.497 e. The third kappa shape index (κ3) is 4.25. The van der Waals surface area contributed by atoms with Gasteiger partial charge in [-0.15, -0.1) is 0 Å². The number of allylic oxidation sites excluding steroid dienone is 1. The molecule has 3 aromatic carbocycles. The van der Waals surface area contributed by atoms with E-state index in [1.54, 1.807) is 6.07 Å². The predicted octanol–water partition coefficient (Wildman–Crippen LogP) is 4.68. The van der Waals surface area contributed by atoms with Crippen molar-refractivity contribution in [2.75, 3.05) is 14.2 Å². The Morgan fingerprint density at radius 1 is 0.903 bits per heavy atom. The second-order valence-electron chi connectivity index (χ2n) is 6.64. The minimum atomic E-state index is -0.622. The molecule has 0 unspecified atom stereocenters. The molecule has 0 saturated heterocycles. The van der Waals surface area contributed by atoms with E-state index < -0.39 is 5.97 Å². The number of hydrogen-bond donors (Lipinski definition) is 0. The Hall–Kier alpha value is -4.13. The number of rotatable bonds is 5. The van der Waals surface area contributed by atoms with Gasteiger partial charge in [0.2, 0.25) is 5.78 Å². The van der Waals surface area contributed by atoms with Crippen LogP contribution in [0, 0.1) is 5.82 Å². The number of carbonyl (C=O) groups excluding carboxylic acids is 2. The van der Waals surface area contributed by atoms with Crippen LogP contribution in [0.4, 0.5) is 4.39 Å². The molecular weight excluding hydrogens is 403 g/mol. The van der Waals surface area contributed by atoms with Crippen LogP contribution in [0.2, 0.25) is 0 Å². The Morgan fingerprint density at radius 3 is 2.23 bits per heavy atom. The number of carbonyl (C=O) groups is 2. The molecule has 0 aromatic heterocycles. The molecular formula is C24H17FO6. The van der Waals surface area contributed by atoms with Crippen molar-refractivity contribution < 1.29 is 32.9 Å². The maximum Gasteiger partial charge on any atom is 0.343 e. The highest BCUT2D eigenvalue weighted by Gasteiger charge is 2.28. The number of methoxy groups -OCH3 is 2. The van der Waals surface area contributed by atoms with E-state index in [9.17, 15) is 14.0 Å². The summed E-state index contributed by atoms with van der Waals surface area (Å²) in [7, 11) is 2.96. The van der Waals surface area contributed by atoms with E-state index in [1.807, 2.05) is 0 Å². The van der Waals surface area contributed by atoms with Crippen molar-refractivity contribution in [2.45, 2.75) is 0 Å². The van der Waals surface area contributed by atoms with Crippen LogP contribution in [0.5, 0.6) is 23.0 Å². The van der Waals surface area contributed by atoms with Gasteiger partial charge in [-0.2, -0.15) is 0 Å². The van der Waals surface area contributed by atoms with Crippen molar-refractivity contribution >= 4 is 17.8 Å². The fourth-order valence-corrected chi connectivity index (χ4v) is 3.03. The third-order valence-corrected chi connectivity index (χ3v) is 4.61. The summed E-state index contributed by atoms with van der Waals surface area (Å²) in [6, 6.07) is 14.9. The van der Waals surface area contributed by atoms with Gasteiger partial charge in [0.05, 0.1) is 25.3 Å². The summed E-state index contributed by atoms with van der Waals surface area (Å²) < 4.78 is 34.5. The van der Waals surface area contributed by atoms with Crippen LogP contribution in [-0.4, -0.2) is 26.0 Å². The number of ether oxygens (including phenoxy) is 4. The van der Waals surface area contributed by atoms with E-state index in [4.69, 9.17) is 18.9 Å². The third-order valence-electron chi connectivity index (χ3n) is 4.61. The van der Waals surface area contributed by atoms with Gasteiger partial charge in [-0.3, -0.25) is 4.79 Å². The van der Waals surface area contributed by atoms with Gasteiger partial charge in [0.1, 0.15) is 28.8 Å². The van der Waals surface area contributed by atoms with Crippen molar-refractivity contribution in [3.8, 4) is 23.0 Å². The predicted molar refractivity (Wildman–Crippen MR) is 110 cm³/mol. The molecule has 4 rings (SSSR count). The molecule has 1 heterocycles. The fraction of sp³-hybridized carbons (Fsp3) is 0.0833. The van der Waals surface area contributed by atoms with Gasteiger partial charge in [-0.25, -0.2) is 9.18 Å². The Labute approximate surface area is 177 Å². The monoisotopic (exact) mass is 420 g/mol. The second-order valence-corrected chi connectivity index (χ2v) is 6.64. The van der Waals surface area contributed by atoms with Gasteiger partial charge in [-0.1, -0.05) is 12.1 Å². The highest BCUT2D eigenvalue weighted by molar-refractivity contribution is 6.14. The number of halogens is 1. The topological polar surface area (TPSA) is 71.1 Å². The fourth-order valence-electron chi connectivity index (χ4n) is 3.03. The molecule has 6 nitrogen and oxygen atoms in total. The summed E-state index contributed by atoms with van der Waals surface area (Å²) in [6.45, 7) is 0. The van der Waals surface area contributed by atoms with E-state index >= 15 is 0 Å². The molecule has 7 heteroatoms. The van der Waals surface area contributed by atoms with E-state index in [0.717, 1.165) is 0 Å². The van der Waals surface area contributed by atoms with Crippen molar-refractivity contribution in [1.29, 1.82) is 0 Å². The average Bonchev–Trinajstić information content (AvgIpc) is 3.09. The standard InChI is InChI=1S/C24H17FO6/c1-28-18-10-15(11-19(12-18)29-2)24(27)30-17-7-8-20-21(13-17)31-22(23(20)26)9-14-3-5-16(25)6-4-14/h3-13H,1-2H3/b22-9-. The maximum atomic E-state index is 13.1. The number of benzene rings is 3. The molecule has 1 aliphatic rings. The Balaban J connectivity index is 1.55. The highest BCUT2D eigenvalue weighted by atomic mass is 19.1.